The number of hydrogen-bond donors (Lipinski definition) is 0. The minimum Gasteiger partial charge on any atom is -0.497 e. The van der Waals surface area contributed by atoms with Crippen molar-refractivity contribution in [2.75, 3.05) is 20.2 Å². The van der Waals surface area contributed by atoms with Crippen molar-refractivity contribution in [2.24, 2.45) is 0 Å². The molecule has 1 fully saturated rings. The van der Waals surface area contributed by atoms with Gasteiger partial charge in [0, 0.05) is 19.2 Å². The third-order valence-electron chi connectivity index (χ3n) is 4.40. The molecular formula is C18H24N4O2S. The lowest BCUT2D eigenvalue weighted by molar-refractivity contribution is -0.130. The number of methoxy groups -OCH3 is 1. The van der Waals surface area contributed by atoms with E-state index in [2.05, 4.69) is 10.2 Å². The molecule has 3 rings (SSSR count). The molecular weight excluding hydrogens is 336 g/mol. The fourth-order valence-electron chi connectivity index (χ4n) is 3.00. The normalized spacial score (nSPS) is 16.3. The third kappa shape index (κ3) is 4.34. The summed E-state index contributed by atoms with van der Waals surface area (Å²) in [5, 5.41) is 8.74. The second kappa shape index (κ2) is 8.38. The summed E-state index contributed by atoms with van der Waals surface area (Å²) in [6, 6.07) is 7.71. The molecule has 0 aliphatic carbocycles. The summed E-state index contributed by atoms with van der Waals surface area (Å²) in [5.74, 6) is 0.961. The lowest BCUT2D eigenvalue weighted by atomic mass is 10.2. The Morgan fingerprint density at radius 3 is 2.72 bits per heavy atom. The average Bonchev–Trinajstić information content (AvgIpc) is 2.92. The Bertz CT molecular complexity index is 711. The molecule has 1 aromatic heterocycles. The number of benzene rings is 1. The molecule has 25 heavy (non-hydrogen) atoms. The van der Waals surface area contributed by atoms with Crippen LogP contribution in [0, 0.1) is 0 Å². The highest BCUT2D eigenvalue weighted by molar-refractivity contribution is 8.00. The first-order valence-corrected chi connectivity index (χ1v) is 9.57. The first kappa shape index (κ1) is 17.8. The van der Waals surface area contributed by atoms with Gasteiger partial charge in [0.1, 0.15) is 12.1 Å². The number of nitrogens with zero attached hydrogens (tertiary/aromatic N) is 4. The van der Waals surface area contributed by atoms with Crippen LogP contribution in [0.15, 0.2) is 35.7 Å². The fourth-order valence-corrected chi connectivity index (χ4v) is 3.93. The molecule has 1 atom stereocenters. The van der Waals surface area contributed by atoms with Crippen LogP contribution in [0.4, 0.5) is 0 Å². The van der Waals surface area contributed by atoms with Gasteiger partial charge in [-0.1, -0.05) is 30.7 Å². The summed E-state index contributed by atoms with van der Waals surface area (Å²) in [7, 11) is 1.64. The Morgan fingerprint density at radius 1 is 1.24 bits per heavy atom. The van der Waals surface area contributed by atoms with Crippen molar-refractivity contribution < 1.29 is 9.53 Å². The number of thioether (sulfide) groups is 1. The molecule has 1 amide bonds. The molecule has 1 aliphatic heterocycles. The van der Waals surface area contributed by atoms with Gasteiger partial charge in [-0.05, 0) is 31.9 Å². The second-order valence-corrected chi connectivity index (χ2v) is 7.49. The molecule has 134 valence electrons. The van der Waals surface area contributed by atoms with Crippen molar-refractivity contribution in [3.05, 3.63) is 30.6 Å². The van der Waals surface area contributed by atoms with E-state index in [4.69, 9.17) is 4.74 Å². The number of likely N-dealkylation sites (tertiary alicyclic amines) is 1. The lowest BCUT2D eigenvalue weighted by Crippen LogP contribution is -2.37. The van der Waals surface area contributed by atoms with Gasteiger partial charge in [-0.15, -0.1) is 10.2 Å². The quantitative estimate of drug-likeness (QED) is 0.767. The molecule has 0 N–H and O–H groups in total. The summed E-state index contributed by atoms with van der Waals surface area (Å²) in [6.07, 6.45) is 6.30. The van der Waals surface area contributed by atoms with Crippen molar-refractivity contribution in [3.8, 4) is 11.4 Å². The third-order valence-corrected chi connectivity index (χ3v) is 5.44. The maximum absolute atomic E-state index is 12.8. The van der Waals surface area contributed by atoms with Crippen LogP contribution in [0.1, 0.15) is 32.6 Å². The fraction of sp³-hybridized carbons (Fsp3) is 0.500. The highest BCUT2D eigenvalue weighted by atomic mass is 32.2. The lowest BCUT2D eigenvalue weighted by Gasteiger charge is -2.23. The maximum Gasteiger partial charge on any atom is 0.235 e. The Kier molecular flexibility index (Phi) is 5.96. The van der Waals surface area contributed by atoms with Crippen LogP contribution >= 0.6 is 11.8 Å². The van der Waals surface area contributed by atoms with E-state index in [0.29, 0.717) is 5.16 Å². The van der Waals surface area contributed by atoms with E-state index in [1.807, 2.05) is 40.7 Å². The molecule has 2 heterocycles. The topological polar surface area (TPSA) is 60.2 Å². The Morgan fingerprint density at radius 2 is 2.00 bits per heavy atom. The van der Waals surface area contributed by atoms with E-state index in [1.54, 1.807) is 13.4 Å². The summed E-state index contributed by atoms with van der Waals surface area (Å²) in [4.78, 5) is 14.7. The van der Waals surface area contributed by atoms with Crippen LogP contribution in [0.3, 0.4) is 0 Å². The molecule has 0 bridgehead atoms. The molecule has 1 aliphatic rings. The largest absolute Gasteiger partial charge is 0.497 e. The Hall–Kier alpha value is -2.02. The van der Waals surface area contributed by atoms with Gasteiger partial charge in [-0.25, -0.2) is 0 Å². The van der Waals surface area contributed by atoms with Crippen molar-refractivity contribution in [1.29, 1.82) is 0 Å². The first-order valence-electron chi connectivity index (χ1n) is 8.69. The van der Waals surface area contributed by atoms with E-state index in [0.717, 1.165) is 37.4 Å². The van der Waals surface area contributed by atoms with Crippen molar-refractivity contribution >= 4 is 17.7 Å². The maximum atomic E-state index is 12.8. The Balaban J connectivity index is 1.72. The zero-order chi connectivity index (χ0) is 17.6. The molecule has 7 heteroatoms. The second-order valence-electron chi connectivity index (χ2n) is 6.18. The van der Waals surface area contributed by atoms with E-state index >= 15 is 0 Å². The van der Waals surface area contributed by atoms with Crippen LogP contribution in [0.2, 0.25) is 0 Å². The zero-order valence-electron chi connectivity index (χ0n) is 14.7. The highest BCUT2D eigenvalue weighted by Crippen LogP contribution is 2.27. The molecule has 1 aromatic carbocycles. The number of ether oxygens (including phenoxy) is 1. The van der Waals surface area contributed by atoms with Gasteiger partial charge in [0.2, 0.25) is 5.91 Å². The predicted molar refractivity (Wildman–Crippen MR) is 98.3 cm³/mol. The van der Waals surface area contributed by atoms with Crippen molar-refractivity contribution in [3.63, 3.8) is 0 Å². The van der Waals surface area contributed by atoms with E-state index in [1.165, 1.54) is 24.6 Å². The molecule has 2 aromatic rings. The summed E-state index contributed by atoms with van der Waals surface area (Å²) in [6.45, 7) is 3.68. The van der Waals surface area contributed by atoms with Gasteiger partial charge in [0.05, 0.1) is 18.0 Å². The Labute approximate surface area is 152 Å². The SMILES string of the molecule is COc1cccc(-n2cnnc2SC(C)C(=O)N2CCCCCC2)c1. The van der Waals surface area contributed by atoms with Crippen LogP contribution in [0.5, 0.6) is 5.75 Å². The van der Waals surface area contributed by atoms with Crippen LogP contribution in [0.25, 0.3) is 5.69 Å². The smallest absolute Gasteiger partial charge is 0.235 e. The summed E-state index contributed by atoms with van der Waals surface area (Å²) >= 11 is 1.45. The van der Waals surface area contributed by atoms with E-state index in [9.17, 15) is 4.79 Å². The van der Waals surface area contributed by atoms with Gasteiger partial charge < -0.3 is 9.64 Å². The minimum atomic E-state index is -0.188. The van der Waals surface area contributed by atoms with Crippen molar-refractivity contribution in [1.82, 2.24) is 19.7 Å². The highest BCUT2D eigenvalue weighted by Gasteiger charge is 2.24. The number of aromatic nitrogens is 3. The average molecular weight is 360 g/mol. The number of carbonyl (C=O) groups is 1. The predicted octanol–water partition coefficient (Wildman–Crippen LogP) is 3.16. The molecule has 0 spiro atoms. The monoisotopic (exact) mass is 360 g/mol. The van der Waals surface area contributed by atoms with Crippen molar-refractivity contribution in [2.45, 2.75) is 43.0 Å². The van der Waals surface area contributed by atoms with Gasteiger partial charge in [0.15, 0.2) is 5.16 Å². The summed E-state index contributed by atoms with van der Waals surface area (Å²) < 4.78 is 7.17. The van der Waals surface area contributed by atoms with Gasteiger partial charge >= 0.3 is 0 Å². The standard InChI is InChI=1S/C18H24N4O2S/c1-14(17(23)21-10-5-3-4-6-11-21)25-18-20-19-13-22(18)15-8-7-9-16(12-15)24-2/h7-9,12-14H,3-6,10-11H2,1-2H3. The first-order chi connectivity index (χ1) is 12.2. The van der Waals surface area contributed by atoms with E-state index < -0.39 is 0 Å². The van der Waals surface area contributed by atoms with Crippen LogP contribution < -0.4 is 4.74 Å². The van der Waals surface area contributed by atoms with Gasteiger partial charge in [-0.3, -0.25) is 9.36 Å². The van der Waals surface area contributed by atoms with Crippen LogP contribution in [-0.2, 0) is 4.79 Å². The number of rotatable bonds is 5. The summed E-state index contributed by atoms with van der Waals surface area (Å²) in [5.41, 5.74) is 0.918. The molecule has 0 saturated carbocycles. The molecule has 1 saturated heterocycles. The zero-order valence-corrected chi connectivity index (χ0v) is 15.5. The minimum absolute atomic E-state index is 0.187. The molecule has 1 unspecified atom stereocenters. The van der Waals surface area contributed by atoms with Crippen LogP contribution in [-0.4, -0.2) is 51.0 Å². The molecule has 6 nitrogen and oxygen atoms in total. The van der Waals surface area contributed by atoms with Gasteiger partial charge in [-0.2, -0.15) is 0 Å². The van der Waals surface area contributed by atoms with Gasteiger partial charge in [0.25, 0.3) is 0 Å². The molecule has 0 radical (unpaired) electrons. The number of hydrogen-bond acceptors (Lipinski definition) is 5. The van der Waals surface area contributed by atoms with E-state index in [-0.39, 0.29) is 11.2 Å². The number of carbonyl (C=O) groups excluding carboxylic acids is 1. The number of amides is 1.